The van der Waals surface area contributed by atoms with Crippen molar-refractivity contribution in [3.63, 3.8) is 0 Å². The van der Waals surface area contributed by atoms with E-state index in [1.54, 1.807) is 13.8 Å². The van der Waals surface area contributed by atoms with E-state index < -0.39 is 11.5 Å². The predicted molar refractivity (Wildman–Crippen MR) is 59.0 cm³/mol. The van der Waals surface area contributed by atoms with Crippen molar-refractivity contribution in [3.8, 4) is 0 Å². The third-order valence-corrected chi connectivity index (χ3v) is 2.74. The zero-order valence-electron chi connectivity index (χ0n) is 9.55. The molecule has 0 radical (unpaired) electrons. The predicted octanol–water partition coefficient (Wildman–Crippen LogP) is -0.656. The van der Waals surface area contributed by atoms with Crippen molar-refractivity contribution >= 4 is 5.97 Å². The lowest BCUT2D eigenvalue weighted by Crippen LogP contribution is -2.51. The maximum Gasteiger partial charge on any atom is 0.323 e. The Hall–Kier alpha value is -0.650. The number of nitrogens with one attached hydrogen (secondary N) is 2. The summed E-state index contributed by atoms with van der Waals surface area (Å²) >= 11 is 0. The van der Waals surface area contributed by atoms with Crippen LogP contribution in [0.2, 0.25) is 0 Å². The van der Waals surface area contributed by atoms with E-state index in [0.29, 0.717) is 0 Å². The molecule has 1 aliphatic heterocycles. The van der Waals surface area contributed by atoms with Crippen LogP contribution in [0, 0.1) is 0 Å². The quantitative estimate of drug-likeness (QED) is 0.568. The first-order valence-electron chi connectivity index (χ1n) is 5.44. The van der Waals surface area contributed by atoms with E-state index in [1.807, 2.05) is 0 Å². The van der Waals surface area contributed by atoms with E-state index in [0.717, 1.165) is 39.3 Å². The Bertz CT molecular complexity index is 213. The molecule has 0 aliphatic carbocycles. The van der Waals surface area contributed by atoms with E-state index in [2.05, 4.69) is 15.5 Å². The average Bonchev–Trinajstić information content (AvgIpc) is 2.19. The molecule has 1 rings (SSSR count). The van der Waals surface area contributed by atoms with Crippen LogP contribution in [-0.2, 0) is 4.79 Å². The molecule has 0 aromatic heterocycles. The maximum atomic E-state index is 10.8. The van der Waals surface area contributed by atoms with Gasteiger partial charge in [0, 0.05) is 39.3 Å². The van der Waals surface area contributed by atoms with Gasteiger partial charge in [-0.25, -0.2) is 0 Å². The number of carboxylic acid groups (broad SMARTS) is 1. The van der Waals surface area contributed by atoms with E-state index in [9.17, 15) is 4.79 Å². The molecule has 0 saturated carbocycles. The van der Waals surface area contributed by atoms with Crippen LogP contribution in [-0.4, -0.2) is 60.8 Å². The minimum Gasteiger partial charge on any atom is -0.480 e. The number of piperazine rings is 1. The third kappa shape index (κ3) is 4.15. The van der Waals surface area contributed by atoms with E-state index in [4.69, 9.17) is 5.11 Å². The van der Waals surface area contributed by atoms with Crippen LogP contribution in [0.15, 0.2) is 0 Å². The number of hydrogen-bond donors (Lipinski definition) is 3. The molecule has 1 saturated heterocycles. The monoisotopic (exact) mass is 215 g/mol. The van der Waals surface area contributed by atoms with Gasteiger partial charge in [-0.1, -0.05) is 0 Å². The fourth-order valence-electron chi connectivity index (χ4n) is 1.54. The molecule has 0 bridgehead atoms. The van der Waals surface area contributed by atoms with Gasteiger partial charge < -0.3 is 15.7 Å². The molecular weight excluding hydrogens is 194 g/mol. The number of carboxylic acids is 1. The van der Waals surface area contributed by atoms with Gasteiger partial charge in [-0.3, -0.25) is 9.69 Å². The second-order valence-electron chi connectivity index (χ2n) is 4.45. The highest BCUT2D eigenvalue weighted by Gasteiger charge is 2.25. The summed E-state index contributed by atoms with van der Waals surface area (Å²) in [5, 5.41) is 15.2. The zero-order chi connectivity index (χ0) is 11.3. The molecule has 88 valence electrons. The SMILES string of the molecule is CC(C)(NCCN1CCNCC1)C(=O)O. The Labute approximate surface area is 90.8 Å². The number of hydrogen-bond acceptors (Lipinski definition) is 4. The minimum atomic E-state index is -0.825. The van der Waals surface area contributed by atoms with Crippen LogP contribution < -0.4 is 10.6 Å². The Morgan fingerprint density at radius 1 is 1.47 bits per heavy atom. The molecule has 1 heterocycles. The molecule has 0 unspecified atom stereocenters. The van der Waals surface area contributed by atoms with E-state index in [1.165, 1.54) is 0 Å². The first-order valence-corrected chi connectivity index (χ1v) is 5.44. The van der Waals surface area contributed by atoms with Crippen LogP contribution in [0.1, 0.15) is 13.8 Å². The third-order valence-electron chi connectivity index (χ3n) is 2.74. The zero-order valence-corrected chi connectivity index (χ0v) is 9.55. The lowest BCUT2D eigenvalue weighted by atomic mass is 10.1. The Morgan fingerprint density at radius 2 is 2.07 bits per heavy atom. The van der Waals surface area contributed by atoms with Crippen LogP contribution in [0.3, 0.4) is 0 Å². The summed E-state index contributed by atoms with van der Waals surface area (Å²) in [5.74, 6) is -0.803. The molecule has 3 N–H and O–H groups in total. The van der Waals surface area contributed by atoms with E-state index >= 15 is 0 Å². The number of aliphatic carboxylic acids is 1. The second-order valence-corrected chi connectivity index (χ2v) is 4.45. The highest BCUT2D eigenvalue weighted by atomic mass is 16.4. The molecule has 0 amide bonds. The number of nitrogens with zero attached hydrogens (tertiary/aromatic N) is 1. The normalized spacial score (nSPS) is 19.1. The Morgan fingerprint density at radius 3 is 2.60 bits per heavy atom. The molecule has 0 aromatic carbocycles. The van der Waals surface area contributed by atoms with Crippen molar-refractivity contribution in [2.45, 2.75) is 19.4 Å². The summed E-state index contributed by atoms with van der Waals surface area (Å²) in [6.07, 6.45) is 0. The Balaban J connectivity index is 2.17. The molecule has 0 aromatic rings. The first kappa shape index (κ1) is 12.4. The van der Waals surface area contributed by atoms with Crippen molar-refractivity contribution in [2.24, 2.45) is 0 Å². The molecule has 15 heavy (non-hydrogen) atoms. The fraction of sp³-hybridized carbons (Fsp3) is 0.900. The topological polar surface area (TPSA) is 64.6 Å². The van der Waals surface area contributed by atoms with Gasteiger partial charge in [-0.15, -0.1) is 0 Å². The van der Waals surface area contributed by atoms with Gasteiger partial charge in [0.15, 0.2) is 0 Å². The molecular formula is C10H21N3O2. The fourth-order valence-corrected chi connectivity index (χ4v) is 1.54. The van der Waals surface area contributed by atoms with Crippen molar-refractivity contribution in [1.29, 1.82) is 0 Å². The average molecular weight is 215 g/mol. The molecule has 5 heteroatoms. The van der Waals surface area contributed by atoms with Gasteiger partial charge in [0.25, 0.3) is 0 Å². The molecule has 1 fully saturated rings. The Kier molecular flexibility index (Phi) is 4.50. The number of rotatable bonds is 5. The van der Waals surface area contributed by atoms with Gasteiger partial charge in [0.2, 0.25) is 0 Å². The summed E-state index contributed by atoms with van der Waals surface area (Å²) in [4.78, 5) is 13.2. The largest absolute Gasteiger partial charge is 0.480 e. The van der Waals surface area contributed by atoms with Gasteiger partial charge in [-0.05, 0) is 13.8 Å². The van der Waals surface area contributed by atoms with Crippen molar-refractivity contribution in [3.05, 3.63) is 0 Å². The van der Waals surface area contributed by atoms with Crippen LogP contribution >= 0.6 is 0 Å². The molecule has 1 aliphatic rings. The summed E-state index contributed by atoms with van der Waals surface area (Å²) in [6, 6.07) is 0. The molecule has 0 atom stereocenters. The molecule has 0 spiro atoms. The molecule has 5 nitrogen and oxygen atoms in total. The standard InChI is InChI=1S/C10H21N3O2/c1-10(2,9(14)15)12-5-8-13-6-3-11-4-7-13/h11-12H,3-8H2,1-2H3,(H,14,15). The van der Waals surface area contributed by atoms with E-state index in [-0.39, 0.29) is 0 Å². The van der Waals surface area contributed by atoms with Crippen LogP contribution in [0.25, 0.3) is 0 Å². The van der Waals surface area contributed by atoms with Crippen molar-refractivity contribution in [1.82, 2.24) is 15.5 Å². The first-order chi connectivity index (χ1) is 7.02. The highest BCUT2D eigenvalue weighted by Crippen LogP contribution is 2.01. The summed E-state index contributed by atoms with van der Waals surface area (Å²) in [6.45, 7) is 9.17. The van der Waals surface area contributed by atoms with Gasteiger partial charge >= 0.3 is 5.97 Å². The lowest BCUT2D eigenvalue weighted by Gasteiger charge is -2.29. The van der Waals surface area contributed by atoms with Crippen molar-refractivity contribution in [2.75, 3.05) is 39.3 Å². The second kappa shape index (κ2) is 5.44. The van der Waals surface area contributed by atoms with Crippen LogP contribution in [0.4, 0.5) is 0 Å². The van der Waals surface area contributed by atoms with Crippen LogP contribution in [0.5, 0.6) is 0 Å². The smallest absolute Gasteiger partial charge is 0.323 e. The summed E-state index contributed by atoms with van der Waals surface area (Å²) in [5.41, 5.74) is -0.825. The minimum absolute atomic E-state index is 0.722. The van der Waals surface area contributed by atoms with Gasteiger partial charge in [-0.2, -0.15) is 0 Å². The number of carbonyl (C=O) groups is 1. The maximum absolute atomic E-state index is 10.8. The van der Waals surface area contributed by atoms with Gasteiger partial charge in [0.1, 0.15) is 5.54 Å². The summed E-state index contributed by atoms with van der Waals surface area (Å²) < 4.78 is 0. The lowest BCUT2D eigenvalue weighted by molar-refractivity contribution is -0.143. The highest BCUT2D eigenvalue weighted by molar-refractivity contribution is 5.77. The van der Waals surface area contributed by atoms with Gasteiger partial charge in [0.05, 0.1) is 0 Å². The summed E-state index contributed by atoms with van der Waals surface area (Å²) in [7, 11) is 0. The van der Waals surface area contributed by atoms with Crippen molar-refractivity contribution < 1.29 is 9.90 Å².